The number of piperidine rings is 1. The van der Waals surface area contributed by atoms with Gasteiger partial charge in [-0.25, -0.2) is 19.0 Å². The van der Waals surface area contributed by atoms with Gasteiger partial charge in [-0.05, 0) is 44.1 Å². The molecule has 0 unspecified atom stereocenters. The molecule has 0 spiro atoms. The standard InChI is InChI=1S/C17H18N8/c1-2-16-19-8-10-25(16)22-14(1)13-5-9-24-15(13)11-20-17(23-24)21-12-3-6-18-7-4-12/h1-2,5,8-12,18H,3-4,6-7H2,(H,21,23). The lowest BCUT2D eigenvalue weighted by atomic mass is 10.1. The third-order valence-corrected chi connectivity index (χ3v) is 4.62. The van der Waals surface area contributed by atoms with Gasteiger partial charge in [-0.15, -0.1) is 5.10 Å². The van der Waals surface area contributed by atoms with Crippen molar-refractivity contribution in [1.82, 2.24) is 34.5 Å². The minimum Gasteiger partial charge on any atom is -0.350 e. The Kier molecular flexibility index (Phi) is 3.34. The first-order valence-electron chi connectivity index (χ1n) is 8.49. The number of aromatic nitrogens is 6. The lowest BCUT2D eigenvalue weighted by Gasteiger charge is -2.23. The van der Waals surface area contributed by atoms with E-state index in [-0.39, 0.29) is 0 Å². The van der Waals surface area contributed by atoms with Crippen molar-refractivity contribution in [3.8, 4) is 11.3 Å². The van der Waals surface area contributed by atoms with Crippen molar-refractivity contribution in [2.24, 2.45) is 0 Å². The number of fused-ring (bicyclic) bond motifs is 2. The highest BCUT2D eigenvalue weighted by Crippen LogP contribution is 2.23. The Hall–Kier alpha value is -3.00. The van der Waals surface area contributed by atoms with Crippen LogP contribution in [0.1, 0.15) is 12.8 Å². The molecule has 2 N–H and O–H groups in total. The zero-order valence-corrected chi connectivity index (χ0v) is 13.6. The van der Waals surface area contributed by atoms with E-state index in [9.17, 15) is 0 Å². The van der Waals surface area contributed by atoms with E-state index in [0.717, 1.165) is 48.4 Å². The van der Waals surface area contributed by atoms with E-state index in [2.05, 4.69) is 30.8 Å². The minimum absolute atomic E-state index is 0.430. The zero-order valence-electron chi connectivity index (χ0n) is 13.6. The van der Waals surface area contributed by atoms with Crippen LogP contribution in [0.3, 0.4) is 0 Å². The van der Waals surface area contributed by atoms with E-state index in [1.54, 1.807) is 10.7 Å². The van der Waals surface area contributed by atoms with Crippen LogP contribution in [-0.2, 0) is 0 Å². The molecule has 4 aromatic heterocycles. The van der Waals surface area contributed by atoms with Crippen LogP contribution in [0.2, 0.25) is 0 Å². The van der Waals surface area contributed by atoms with Crippen LogP contribution < -0.4 is 10.6 Å². The lowest BCUT2D eigenvalue weighted by Crippen LogP contribution is -2.35. The number of anilines is 1. The van der Waals surface area contributed by atoms with Gasteiger partial charge < -0.3 is 10.6 Å². The SMILES string of the molecule is c1cn2nc(-c3ccn4nc(NC5CCNCC5)ncc34)ccc2n1. The number of hydrogen-bond acceptors (Lipinski definition) is 6. The maximum atomic E-state index is 4.61. The molecule has 5 heterocycles. The van der Waals surface area contributed by atoms with Gasteiger partial charge in [-0.2, -0.15) is 5.10 Å². The molecule has 1 aliphatic heterocycles. The first-order chi connectivity index (χ1) is 12.4. The second-order valence-corrected chi connectivity index (χ2v) is 6.26. The predicted molar refractivity (Wildman–Crippen MR) is 94.5 cm³/mol. The molecule has 0 aromatic carbocycles. The van der Waals surface area contributed by atoms with Crippen molar-refractivity contribution in [2.45, 2.75) is 18.9 Å². The summed E-state index contributed by atoms with van der Waals surface area (Å²) >= 11 is 0. The Bertz CT molecular complexity index is 1030. The Balaban J connectivity index is 1.48. The van der Waals surface area contributed by atoms with Crippen LogP contribution in [0.15, 0.2) is 43.0 Å². The summed E-state index contributed by atoms with van der Waals surface area (Å²) in [5.74, 6) is 0.666. The van der Waals surface area contributed by atoms with Crippen molar-refractivity contribution < 1.29 is 0 Å². The fourth-order valence-electron chi connectivity index (χ4n) is 3.29. The summed E-state index contributed by atoms with van der Waals surface area (Å²) in [6, 6.07) is 6.38. The van der Waals surface area contributed by atoms with Crippen molar-refractivity contribution in [1.29, 1.82) is 0 Å². The molecule has 0 amide bonds. The van der Waals surface area contributed by atoms with Gasteiger partial charge in [0.1, 0.15) is 0 Å². The van der Waals surface area contributed by atoms with Gasteiger partial charge in [-0.3, -0.25) is 0 Å². The molecule has 0 saturated carbocycles. The molecule has 5 rings (SSSR count). The predicted octanol–water partition coefficient (Wildman–Crippen LogP) is 1.60. The largest absolute Gasteiger partial charge is 0.350 e. The summed E-state index contributed by atoms with van der Waals surface area (Å²) < 4.78 is 3.62. The lowest BCUT2D eigenvalue weighted by molar-refractivity contribution is 0.476. The average molecular weight is 334 g/mol. The molecule has 126 valence electrons. The van der Waals surface area contributed by atoms with Gasteiger partial charge in [-0.1, -0.05) is 0 Å². The quantitative estimate of drug-likeness (QED) is 0.592. The number of hydrogen-bond donors (Lipinski definition) is 2. The molecule has 0 aliphatic carbocycles. The van der Waals surface area contributed by atoms with Crippen LogP contribution in [0.5, 0.6) is 0 Å². The first kappa shape index (κ1) is 14.4. The highest BCUT2D eigenvalue weighted by atomic mass is 15.3. The minimum atomic E-state index is 0.430. The Labute approximate surface area is 143 Å². The fourth-order valence-corrected chi connectivity index (χ4v) is 3.29. The fraction of sp³-hybridized carbons (Fsp3) is 0.294. The van der Waals surface area contributed by atoms with Gasteiger partial charge in [0.05, 0.1) is 17.4 Å². The molecule has 1 aliphatic rings. The van der Waals surface area contributed by atoms with E-state index >= 15 is 0 Å². The number of imidazole rings is 1. The van der Waals surface area contributed by atoms with E-state index in [1.807, 2.05) is 41.3 Å². The molecule has 1 fully saturated rings. The topological polar surface area (TPSA) is 84.4 Å². The highest BCUT2D eigenvalue weighted by Gasteiger charge is 2.15. The van der Waals surface area contributed by atoms with Crippen LogP contribution in [0, 0.1) is 0 Å². The molecular weight excluding hydrogens is 316 g/mol. The summed E-state index contributed by atoms with van der Waals surface area (Å²) in [5, 5.41) is 16.0. The molecule has 4 aromatic rings. The van der Waals surface area contributed by atoms with Gasteiger partial charge in [0.25, 0.3) is 0 Å². The van der Waals surface area contributed by atoms with Crippen LogP contribution in [-0.4, -0.2) is 48.3 Å². The smallest absolute Gasteiger partial charge is 0.241 e. The molecule has 25 heavy (non-hydrogen) atoms. The van der Waals surface area contributed by atoms with Gasteiger partial charge in [0, 0.05) is 30.2 Å². The van der Waals surface area contributed by atoms with E-state index in [4.69, 9.17) is 0 Å². The summed E-state index contributed by atoms with van der Waals surface area (Å²) in [6.07, 6.45) is 9.56. The highest BCUT2D eigenvalue weighted by molar-refractivity contribution is 5.78. The van der Waals surface area contributed by atoms with Crippen LogP contribution in [0.25, 0.3) is 22.4 Å². The number of rotatable bonds is 3. The molecular formula is C17H18N8. The second kappa shape index (κ2) is 5.82. The summed E-state index contributed by atoms with van der Waals surface area (Å²) in [5.41, 5.74) is 3.64. The molecule has 0 atom stereocenters. The molecule has 0 bridgehead atoms. The number of nitrogens with one attached hydrogen (secondary N) is 2. The second-order valence-electron chi connectivity index (χ2n) is 6.26. The molecule has 0 radical (unpaired) electrons. The molecule has 8 heteroatoms. The van der Waals surface area contributed by atoms with Gasteiger partial charge in [0.2, 0.25) is 5.95 Å². The normalized spacial score (nSPS) is 15.8. The third-order valence-electron chi connectivity index (χ3n) is 4.62. The Morgan fingerprint density at radius 3 is 2.84 bits per heavy atom. The first-order valence-corrected chi connectivity index (χ1v) is 8.49. The molecule has 1 saturated heterocycles. The average Bonchev–Trinajstić information content (AvgIpc) is 3.28. The Morgan fingerprint density at radius 2 is 1.92 bits per heavy atom. The van der Waals surface area contributed by atoms with E-state index in [1.165, 1.54) is 0 Å². The van der Waals surface area contributed by atoms with Gasteiger partial charge >= 0.3 is 0 Å². The summed E-state index contributed by atoms with van der Waals surface area (Å²) in [6.45, 7) is 2.08. The number of nitrogens with zero attached hydrogens (tertiary/aromatic N) is 6. The monoisotopic (exact) mass is 334 g/mol. The van der Waals surface area contributed by atoms with Crippen molar-refractivity contribution >= 4 is 17.1 Å². The van der Waals surface area contributed by atoms with Gasteiger partial charge in [0.15, 0.2) is 5.65 Å². The Morgan fingerprint density at radius 1 is 1.00 bits per heavy atom. The van der Waals surface area contributed by atoms with Crippen LogP contribution >= 0.6 is 0 Å². The zero-order chi connectivity index (χ0) is 16.6. The summed E-state index contributed by atoms with van der Waals surface area (Å²) in [4.78, 5) is 8.73. The maximum Gasteiger partial charge on any atom is 0.241 e. The van der Waals surface area contributed by atoms with Crippen molar-refractivity contribution in [3.05, 3.63) is 43.0 Å². The summed E-state index contributed by atoms with van der Waals surface area (Å²) in [7, 11) is 0. The molecule has 8 nitrogen and oxygen atoms in total. The van der Waals surface area contributed by atoms with Crippen molar-refractivity contribution in [3.63, 3.8) is 0 Å². The van der Waals surface area contributed by atoms with E-state index < -0.39 is 0 Å². The van der Waals surface area contributed by atoms with Crippen LogP contribution in [0.4, 0.5) is 5.95 Å². The maximum absolute atomic E-state index is 4.61. The van der Waals surface area contributed by atoms with Crippen molar-refractivity contribution in [2.75, 3.05) is 18.4 Å². The third kappa shape index (κ3) is 2.60. The van der Waals surface area contributed by atoms with E-state index in [0.29, 0.717) is 12.0 Å².